The number of hydrogen-bond acceptors (Lipinski definition) is 25. The van der Waals surface area contributed by atoms with Gasteiger partial charge in [-0.15, -0.1) is 6.54 Å². The number of aromatic nitrogens is 3. The number of Topliss-reactive ketones (excluding diaryl/α,β-unsaturated/α-hetero) is 1. The third kappa shape index (κ3) is 34.4. The molecule has 0 spiro atoms. The van der Waals surface area contributed by atoms with Crippen LogP contribution in [0.25, 0.3) is 16.2 Å². The maximum Gasteiger partial charge on any atom is 0.331 e. The number of aliphatic hydroxyl groups excluding tert-OH is 2. The summed E-state index contributed by atoms with van der Waals surface area (Å²) >= 11 is 0. The summed E-state index contributed by atoms with van der Waals surface area (Å²) in [6.45, 7) is 7.97. The number of aliphatic carboxylic acids is 2. The van der Waals surface area contributed by atoms with Gasteiger partial charge in [-0.25, -0.2) is 18.2 Å². The van der Waals surface area contributed by atoms with Gasteiger partial charge in [-0.2, -0.15) is 25.3 Å². The first-order valence-corrected chi connectivity index (χ1v) is 33.5. The summed E-state index contributed by atoms with van der Waals surface area (Å²) in [6, 6.07) is 4.34. The van der Waals surface area contributed by atoms with E-state index in [-0.39, 0.29) is 150 Å². The van der Waals surface area contributed by atoms with Gasteiger partial charge in [-0.3, -0.25) is 53.2 Å². The number of nitrogens with zero attached hydrogens (tertiary/aromatic N) is 5. The zero-order valence-corrected chi connectivity index (χ0v) is 59.1. The van der Waals surface area contributed by atoms with Crippen LogP contribution in [0.1, 0.15) is 66.6 Å². The van der Waals surface area contributed by atoms with Crippen molar-refractivity contribution >= 4 is 78.4 Å². The molecule has 0 aliphatic rings. The Balaban J connectivity index is 0.00000177. The number of nitrogens with one attached hydrogen (secondary N) is 7. The quantitative estimate of drug-likeness (QED) is 0.00812. The van der Waals surface area contributed by atoms with E-state index in [1.807, 2.05) is 0 Å². The summed E-state index contributed by atoms with van der Waals surface area (Å²) in [6.07, 6.45) is 4.47. The Morgan fingerprint density at radius 1 is 0.845 bits per heavy atom. The molecule has 3 amide bonds. The molecule has 2 aromatic heterocycles. The van der Waals surface area contributed by atoms with Gasteiger partial charge in [0.2, 0.25) is 27.3 Å². The van der Waals surface area contributed by atoms with Crippen molar-refractivity contribution < 1.29 is 144 Å². The number of hydrogen-bond donors (Lipinski definition) is 12. The van der Waals surface area contributed by atoms with Crippen molar-refractivity contribution in [1.82, 2.24) is 50.5 Å². The number of imidazole rings is 1. The van der Waals surface area contributed by atoms with E-state index in [0.717, 1.165) is 10.6 Å². The average molecular weight is 1560 g/mol. The topological polar surface area (TPSA) is 488 Å². The van der Waals surface area contributed by atoms with Crippen molar-refractivity contribution in [2.75, 3.05) is 137 Å². The third-order valence-electron chi connectivity index (χ3n) is 13.5. The summed E-state index contributed by atoms with van der Waals surface area (Å²) in [5.41, 5.74) is 1.04. The molecule has 0 bridgehead atoms. The second-order valence-corrected chi connectivity index (χ2v) is 24.9. The number of ketones is 1. The molecular weight excluding hydrogens is 1470 g/mol. The number of carboxylic acid groups (broad SMARTS) is 2. The zero-order valence-electron chi connectivity index (χ0n) is 55.2. The minimum atomic E-state index is -4.63. The van der Waals surface area contributed by atoms with Gasteiger partial charge in [-0.05, 0) is 94.5 Å². The summed E-state index contributed by atoms with van der Waals surface area (Å²) in [5, 5.41) is 56.3. The van der Waals surface area contributed by atoms with Crippen molar-refractivity contribution in [2.24, 2.45) is 7.05 Å². The molecular formula is C59H91GdN12O23S2-. The van der Waals surface area contributed by atoms with E-state index in [1.165, 1.54) is 39.3 Å². The summed E-state index contributed by atoms with van der Waals surface area (Å²) in [7, 11) is -4.50. The fourth-order valence-corrected chi connectivity index (χ4v) is 11.2. The van der Waals surface area contributed by atoms with Gasteiger partial charge >= 0.3 is 17.9 Å². The van der Waals surface area contributed by atoms with Crippen LogP contribution in [0.2, 0.25) is 0 Å². The molecule has 3 atom stereocenters. The van der Waals surface area contributed by atoms with Crippen LogP contribution in [-0.2, 0) is 86.3 Å². The van der Waals surface area contributed by atoms with Gasteiger partial charge in [0.15, 0.2) is 18.3 Å². The number of carbonyl (C=O) groups excluding carboxylic acids is 5. The van der Waals surface area contributed by atoms with E-state index in [2.05, 4.69) is 51.3 Å². The van der Waals surface area contributed by atoms with Gasteiger partial charge in [0.25, 0.3) is 16.0 Å². The maximum atomic E-state index is 13.6. The number of aryl methyl sites for hydroxylation is 3. The molecule has 0 aliphatic carbocycles. The standard InChI is InChI=1S/C50H74N10O19S2.C9H17N2O4.Gd/c1-32(2)60(79-30-44(63)64)29-43(62)57-40(31-80(70,71)72)48(67)52-13-8-17-76-20-22-77-21-19-75-16-7-12-51-42(61)9-6-18-78-36-23-33(3)46(34(4)24-36)81(73,74)58-39(49(68)69)27-55-47(66)38-28-59(5)41-25-35(10-11-37(41)45(38)65)26-56-50-53-14-15-54-50;1-10-3-4-11(5-8(13)7-12)6-9(14)15-2;/h10-11,14-15,23-25,28,32,39-40,43,57-58,62H,6-9,12-13,16-22,26-27,29-31H2,1-5H3,(H,51,61)(H,52,67)(H,55,66)(H,63,64)(H,68,69)(H2,53,54,56)(H,70,71,72);12H,3-7H2,1-2H3;/q;-1;/t39?,40-,43?;;/m0../s1. The van der Waals surface area contributed by atoms with Gasteiger partial charge in [0.1, 0.15) is 36.2 Å². The molecule has 0 aliphatic heterocycles. The monoisotopic (exact) mass is 1560 g/mol. The number of ether oxygens (including phenoxy) is 5. The molecule has 12 N–H and O–H groups in total. The minimum Gasteiger partial charge on any atom is -0.664 e. The fourth-order valence-electron chi connectivity index (χ4n) is 8.86. The van der Waals surface area contributed by atoms with Crippen LogP contribution >= 0.6 is 0 Å². The molecule has 2 unspecified atom stereocenters. The number of methoxy groups -OCH3 is 1. The van der Waals surface area contributed by atoms with Crippen LogP contribution in [0.4, 0.5) is 5.95 Å². The largest absolute Gasteiger partial charge is 0.664 e. The van der Waals surface area contributed by atoms with Crippen LogP contribution in [0.5, 0.6) is 5.75 Å². The van der Waals surface area contributed by atoms with Crippen LogP contribution in [0, 0.1) is 53.8 Å². The number of pyridine rings is 1. The van der Waals surface area contributed by atoms with E-state index >= 15 is 0 Å². The first-order chi connectivity index (χ1) is 45.5. The number of fused-ring (bicyclic) bond motifs is 1. The number of carboxylic acids is 2. The first-order valence-electron chi connectivity index (χ1n) is 30.4. The predicted octanol–water partition coefficient (Wildman–Crippen LogP) is -1.21. The van der Waals surface area contributed by atoms with E-state index in [4.69, 9.17) is 34.0 Å². The SMILES string of the molecule is C[N-]CCN(CC(=O)CO)CC(=O)OC.Cc1cc(OCCCC(=O)NCCCOCCOCCOCCCNC(=O)[C@H](CS(=O)(=O)O)NC(O)CN(OCC(=O)O)C(C)C)cc(C)c1S(=O)(=O)NC(CNC(=O)c1cn(C)c2cc(CNc3ncc[nH]3)ccc2c1=O)C(=O)O.[Gd]. The number of esters is 1. The summed E-state index contributed by atoms with van der Waals surface area (Å²) < 4.78 is 90.1. The van der Waals surface area contributed by atoms with Crippen molar-refractivity contribution in [1.29, 1.82) is 0 Å². The molecule has 4 rings (SSSR count). The molecule has 0 radical (unpaired) electrons. The zero-order chi connectivity index (χ0) is 71.4. The van der Waals surface area contributed by atoms with Crippen molar-refractivity contribution in [3.8, 4) is 5.75 Å². The molecule has 97 heavy (non-hydrogen) atoms. The van der Waals surface area contributed by atoms with Crippen molar-refractivity contribution in [2.45, 2.75) is 89.2 Å². The number of amides is 3. The smallest absolute Gasteiger partial charge is 0.331 e. The van der Waals surface area contributed by atoms with Crippen LogP contribution in [0.15, 0.2) is 58.6 Å². The first kappa shape index (κ1) is 86.8. The van der Waals surface area contributed by atoms with Gasteiger partial charge < -0.3 is 80.2 Å². The van der Waals surface area contributed by atoms with Crippen molar-refractivity contribution in [3.05, 3.63) is 86.7 Å². The summed E-state index contributed by atoms with van der Waals surface area (Å²) in [4.78, 5) is 110. The van der Waals surface area contributed by atoms with Gasteiger partial charge in [0, 0.05) is 123 Å². The molecule has 38 heteroatoms. The average Bonchev–Trinajstić information content (AvgIpc) is 1.26. The number of carbonyl (C=O) groups is 7. The van der Waals surface area contributed by atoms with Crippen LogP contribution in [0.3, 0.4) is 0 Å². The second-order valence-electron chi connectivity index (χ2n) is 21.7. The fraction of sp³-hybridized carbons (Fsp3) is 0.576. The Morgan fingerprint density at radius 2 is 1.48 bits per heavy atom. The number of aromatic amines is 1. The Kier molecular flexibility index (Phi) is 41.3. The van der Waals surface area contributed by atoms with E-state index in [1.54, 1.807) is 68.0 Å². The molecule has 2 aromatic carbocycles. The predicted molar refractivity (Wildman–Crippen MR) is 347 cm³/mol. The molecule has 546 valence electrons. The number of H-pyrrole nitrogens is 1. The molecule has 0 saturated heterocycles. The van der Waals surface area contributed by atoms with Crippen molar-refractivity contribution in [3.63, 3.8) is 0 Å². The molecule has 0 saturated carbocycles. The Bertz CT molecular complexity index is 3380. The molecule has 2 heterocycles. The second kappa shape index (κ2) is 46.1. The molecule has 0 fully saturated rings. The van der Waals surface area contributed by atoms with E-state index in [9.17, 15) is 70.0 Å². The molecule has 35 nitrogen and oxygen atoms in total. The number of sulfonamides is 1. The van der Waals surface area contributed by atoms with Gasteiger partial charge in [0.05, 0.1) is 75.9 Å². The third-order valence-corrected chi connectivity index (χ3v) is 16.0. The summed E-state index contributed by atoms with van der Waals surface area (Å²) in [5.74, 6) is -5.58. The Morgan fingerprint density at radius 3 is 2.05 bits per heavy atom. The number of likely N-dealkylation sites (N-methyl/N-ethyl adjacent to an activating group) is 1. The normalized spacial score (nSPS) is 12.5. The Labute approximate surface area is 594 Å². The van der Waals surface area contributed by atoms with Gasteiger partial charge in [-0.1, -0.05) is 6.07 Å². The van der Waals surface area contributed by atoms with Crippen LogP contribution in [-0.4, -0.2) is 264 Å². The number of aliphatic hydroxyl groups is 2. The number of anilines is 1. The van der Waals surface area contributed by atoms with E-state index < -0.39 is 99.1 Å². The minimum absolute atomic E-state index is 0. The number of hydroxylamine groups is 2. The van der Waals surface area contributed by atoms with E-state index in [0.29, 0.717) is 75.9 Å². The van der Waals surface area contributed by atoms with Crippen LogP contribution < -0.4 is 41.5 Å². The number of rotatable bonds is 48. The Hall–Kier alpha value is -6.31. The number of benzene rings is 2. The maximum absolute atomic E-state index is 13.6. The molecule has 4 aromatic rings.